The third kappa shape index (κ3) is 3.67. The summed E-state index contributed by atoms with van der Waals surface area (Å²) in [4.78, 5) is 38.1. The van der Waals surface area contributed by atoms with Crippen LogP contribution in [0.5, 0.6) is 0 Å². The lowest BCUT2D eigenvalue weighted by Crippen LogP contribution is -2.50. The fraction of sp³-hybridized carbons (Fsp3) is 0.824. The standard InChI is InChI=1S/C17H29N3O3/c1-4-12-7-9-17(10-8-12)15(22)20(16(23)19-17)11-14(21)18-13(5-2)6-3/h12-13H,4-11H2,1-3H3,(H,18,21)(H,19,23). The van der Waals surface area contributed by atoms with Crippen LogP contribution < -0.4 is 10.6 Å². The Labute approximate surface area is 138 Å². The van der Waals surface area contributed by atoms with Crippen molar-refractivity contribution in [2.45, 2.75) is 77.3 Å². The topological polar surface area (TPSA) is 78.5 Å². The number of nitrogens with one attached hydrogen (secondary N) is 2. The first-order valence-electron chi connectivity index (χ1n) is 8.89. The van der Waals surface area contributed by atoms with E-state index in [9.17, 15) is 14.4 Å². The lowest BCUT2D eigenvalue weighted by molar-refractivity contribution is -0.136. The lowest BCUT2D eigenvalue weighted by atomic mass is 9.75. The van der Waals surface area contributed by atoms with E-state index in [-0.39, 0.29) is 24.4 Å². The van der Waals surface area contributed by atoms with E-state index in [2.05, 4.69) is 17.6 Å². The highest BCUT2D eigenvalue weighted by atomic mass is 16.2. The molecule has 2 fully saturated rings. The highest BCUT2D eigenvalue weighted by Crippen LogP contribution is 2.37. The van der Waals surface area contributed by atoms with Crippen molar-refractivity contribution in [3.05, 3.63) is 0 Å². The van der Waals surface area contributed by atoms with Gasteiger partial charge in [0.1, 0.15) is 12.1 Å². The van der Waals surface area contributed by atoms with Crippen molar-refractivity contribution in [1.29, 1.82) is 0 Å². The molecule has 2 N–H and O–H groups in total. The van der Waals surface area contributed by atoms with Gasteiger partial charge in [0.05, 0.1) is 0 Å². The molecule has 130 valence electrons. The summed E-state index contributed by atoms with van der Waals surface area (Å²) in [6.45, 7) is 5.99. The van der Waals surface area contributed by atoms with Gasteiger partial charge in [0.2, 0.25) is 5.91 Å². The van der Waals surface area contributed by atoms with Crippen molar-refractivity contribution >= 4 is 17.8 Å². The van der Waals surface area contributed by atoms with Crippen LogP contribution in [0.2, 0.25) is 0 Å². The highest BCUT2D eigenvalue weighted by Gasteiger charge is 2.52. The third-order valence-corrected chi connectivity index (χ3v) is 5.43. The summed E-state index contributed by atoms with van der Waals surface area (Å²) >= 11 is 0. The minimum atomic E-state index is -0.766. The van der Waals surface area contributed by atoms with E-state index < -0.39 is 11.6 Å². The average Bonchev–Trinajstić information content (AvgIpc) is 2.77. The van der Waals surface area contributed by atoms with Gasteiger partial charge in [0.15, 0.2) is 0 Å². The quantitative estimate of drug-likeness (QED) is 0.735. The second kappa shape index (κ2) is 7.32. The van der Waals surface area contributed by atoms with Crippen LogP contribution in [0.3, 0.4) is 0 Å². The second-order valence-electron chi connectivity index (χ2n) is 6.84. The van der Waals surface area contributed by atoms with E-state index in [1.165, 1.54) is 0 Å². The van der Waals surface area contributed by atoms with E-state index in [4.69, 9.17) is 0 Å². The molecular weight excluding hydrogens is 294 g/mol. The van der Waals surface area contributed by atoms with Gasteiger partial charge in [0.25, 0.3) is 5.91 Å². The zero-order valence-electron chi connectivity index (χ0n) is 14.5. The monoisotopic (exact) mass is 323 g/mol. The van der Waals surface area contributed by atoms with Crippen LogP contribution in [-0.2, 0) is 9.59 Å². The zero-order chi connectivity index (χ0) is 17.0. The summed E-state index contributed by atoms with van der Waals surface area (Å²) in [6.07, 6.45) is 6.06. The molecule has 6 nitrogen and oxygen atoms in total. The first-order valence-corrected chi connectivity index (χ1v) is 8.89. The van der Waals surface area contributed by atoms with Crippen LogP contribution in [-0.4, -0.2) is 40.9 Å². The maximum Gasteiger partial charge on any atom is 0.325 e. The van der Waals surface area contributed by atoms with Crippen LogP contribution >= 0.6 is 0 Å². The molecule has 2 aliphatic rings. The Hall–Kier alpha value is -1.59. The van der Waals surface area contributed by atoms with Crippen molar-refractivity contribution in [2.75, 3.05) is 6.54 Å². The Morgan fingerprint density at radius 2 is 1.87 bits per heavy atom. The number of nitrogens with zero attached hydrogens (tertiary/aromatic N) is 1. The highest BCUT2D eigenvalue weighted by molar-refractivity contribution is 6.09. The van der Waals surface area contributed by atoms with Crippen molar-refractivity contribution in [1.82, 2.24) is 15.5 Å². The van der Waals surface area contributed by atoms with E-state index >= 15 is 0 Å². The molecule has 2 rings (SSSR count). The molecule has 0 radical (unpaired) electrons. The third-order valence-electron chi connectivity index (χ3n) is 5.43. The molecule has 23 heavy (non-hydrogen) atoms. The number of amides is 4. The molecule has 0 unspecified atom stereocenters. The number of hydrogen-bond acceptors (Lipinski definition) is 3. The second-order valence-corrected chi connectivity index (χ2v) is 6.84. The van der Waals surface area contributed by atoms with Gasteiger partial charge in [-0.05, 0) is 44.4 Å². The molecule has 1 aliphatic heterocycles. The Morgan fingerprint density at radius 3 is 2.39 bits per heavy atom. The number of hydrogen-bond donors (Lipinski definition) is 2. The van der Waals surface area contributed by atoms with Gasteiger partial charge in [-0.15, -0.1) is 0 Å². The van der Waals surface area contributed by atoms with Gasteiger partial charge < -0.3 is 10.6 Å². The van der Waals surface area contributed by atoms with Crippen molar-refractivity contribution < 1.29 is 14.4 Å². The summed E-state index contributed by atoms with van der Waals surface area (Å²) in [5, 5.41) is 5.74. The number of rotatable bonds is 6. The van der Waals surface area contributed by atoms with E-state index in [0.29, 0.717) is 18.8 Å². The van der Waals surface area contributed by atoms with Gasteiger partial charge in [-0.1, -0.05) is 27.2 Å². The maximum absolute atomic E-state index is 12.7. The Bertz CT molecular complexity index is 466. The van der Waals surface area contributed by atoms with Crippen LogP contribution in [0.25, 0.3) is 0 Å². The number of imide groups is 1. The van der Waals surface area contributed by atoms with Gasteiger partial charge >= 0.3 is 6.03 Å². The number of carbonyl (C=O) groups excluding carboxylic acids is 3. The Morgan fingerprint density at radius 1 is 1.26 bits per heavy atom. The normalized spacial score (nSPS) is 27.7. The number of carbonyl (C=O) groups is 3. The Kier molecular flexibility index (Phi) is 5.65. The van der Waals surface area contributed by atoms with Gasteiger partial charge in [0, 0.05) is 6.04 Å². The molecule has 1 saturated carbocycles. The summed E-state index contributed by atoms with van der Waals surface area (Å²) in [5.41, 5.74) is -0.766. The molecule has 6 heteroatoms. The summed E-state index contributed by atoms with van der Waals surface area (Å²) in [5.74, 6) is 0.149. The van der Waals surface area contributed by atoms with Gasteiger partial charge in [-0.25, -0.2) is 4.79 Å². The van der Waals surface area contributed by atoms with Crippen LogP contribution in [0.1, 0.15) is 65.7 Å². The van der Waals surface area contributed by atoms with E-state index in [1.54, 1.807) is 0 Å². The molecular formula is C17H29N3O3. The van der Waals surface area contributed by atoms with E-state index in [1.807, 2.05) is 13.8 Å². The van der Waals surface area contributed by atoms with Gasteiger partial charge in [-0.3, -0.25) is 14.5 Å². The fourth-order valence-electron chi connectivity index (χ4n) is 3.65. The summed E-state index contributed by atoms with van der Waals surface area (Å²) in [6, 6.07) is -0.332. The van der Waals surface area contributed by atoms with Crippen molar-refractivity contribution in [3.63, 3.8) is 0 Å². The summed E-state index contributed by atoms with van der Waals surface area (Å²) in [7, 11) is 0. The maximum atomic E-state index is 12.7. The SMILES string of the molecule is CCC1CCC2(CC1)NC(=O)N(CC(=O)NC(CC)CC)C2=O. The predicted octanol–water partition coefficient (Wildman–Crippen LogP) is 2.18. The molecule has 1 heterocycles. The average molecular weight is 323 g/mol. The first kappa shape index (κ1) is 17.8. The smallest absolute Gasteiger partial charge is 0.325 e. The van der Waals surface area contributed by atoms with Crippen molar-refractivity contribution in [2.24, 2.45) is 5.92 Å². The van der Waals surface area contributed by atoms with Gasteiger partial charge in [-0.2, -0.15) is 0 Å². The van der Waals surface area contributed by atoms with Crippen LogP contribution in [0, 0.1) is 5.92 Å². The molecule has 0 atom stereocenters. The summed E-state index contributed by atoms with van der Waals surface area (Å²) < 4.78 is 0. The van der Waals surface area contributed by atoms with Crippen LogP contribution in [0.15, 0.2) is 0 Å². The molecule has 1 saturated heterocycles. The van der Waals surface area contributed by atoms with E-state index in [0.717, 1.165) is 37.0 Å². The first-order chi connectivity index (χ1) is 11.0. The Balaban J connectivity index is 1.98. The predicted molar refractivity (Wildman–Crippen MR) is 87.7 cm³/mol. The molecule has 0 aromatic heterocycles. The molecule has 0 aromatic carbocycles. The minimum absolute atomic E-state index is 0.0946. The minimum Gasteiger partial charge on any atom is -0.352 e. The molecule has 1 spiro atoms. The van der Waals surface area contributed by atoms with Crippen LogP contribution in [0.4, 0.5) is 4.79 Å². The lowest BCUT2D eigenvalue weighted by Gasteiger charge is -2.34. The number of urea groups is 1. The molecule has 1 aliphatic carbocycles. The molecule has 0 bridgehead atoms. The molecule has 4 amide bonds. The van der Waals surface area contributed by atoms with Crippen molar-refractivity contribution in [3.8, 4) is 0 Å². The zero-order valence-corrected chi connectivity index (χ0v) is 14.5. The largest absolute Gasteiger partial charge is 0.352 e. The fourth-order valence-corrected chi connectivity index (χ4v) is 3.65. The molecule has 0 aromatic rings.